The Morgan fingerprint density at radius 2 is 2.17 bits per heavy atom. The number of aryl methyl sites for hydroxylation is 2. The van der Waals surface area contributed by atoms with Crippen molar-refractivity contribution >= 4 is 5.91 Å². The molecule has 1 fully saturated rings. The number of likely N-dealkylation sites (tertiary alicyclic amines) is 1. The highest BCUT2D eigenvalue weighted by atomic mass is 16.2. The van der Waals surface area contributed by atoms with Crippen molar-refractivity contribution in [3.8, 4) is 0 Å². The van der Waals surface area contributed by atoms with E-state index < -0.39 is 0 Å². The van der Waals surface area contributed by atoms with Crippen molar-refractivity contribution in [1.82, 2.24) is 4.90 Å². The molecule has 0 aromatic heterocycles. The molecule has 0 saturated carbocycles. The van der Waals surface area contributed by atoms with E-state index in [4.69, 9.17) is 5.73 Å². The average molecular weight is 246 g/mol. The number of carbonyl (C=O) groups excluding carboxylic acids is 1. The van der Waals surface area contributed by atoms with E-state index in [9.17, 15) is 4.79 Å². The van der Waals surface area contributed by atoms with Gasteiger partial charge in [-0.1, -0.05) is 30.7 Å². The van der Waals surface area contributed by atoms with Crippen LogP contribution in [0.2, 0.25) is 0 Å². The SMILES string of the molecule is Cc1ccc(C)c(C(N)CN2CC(C)CC2=O)c1. The summed E-state index contributed by atoms with van der Waals surface area (Å²) in [5.74, 6) is 0.701. The van der Waals surface area contributed by atoms with E-state index in [-0.39, 0.29) is 11.9 Å². The maximum Gasteiger partial charge on any atom is 0.222 e. The second-order valence-electron chi connectivity index (χ2n) is 5.57. The largest absolute Gasteiger partial charge is 0.341 e. The van der Waals surface area contributed by atoms with Crippen LogP contribution in [0.3, 0.4) is 0 Å². The normalized spacial score (nSPS) is 21.4. The number of nitrogens with zero attached hydrogens (tertiary/aromatic N) is 1. The van der Waals surface area contributed by atoms with Gasteiger partial charge >= 0.3 is 0 Å². The first kappa shape index (κ1) is 13.1. The summed E-state index contributed by atoms with van der Waals surface area (Å²) in [4.78, 5) is 13.7. The first-order chi connectivity index (χ1) is 8.47. The number of amides is 1. The second kappa shape index (κ2) is 5.11. The fraction of sp³-hybridized carbons (Fsp3) is 0.533. The predicted molar refractivity (Wildman–Crippen MR) is 73.2 cm³/mol. The molecule has 18 heavy (non-hydrogen) atoms. The minimum atomic E-state index is -0.0841. The van der Waals surface area contributed by atoms with E-state index in [0.717, 1.165) is 12.1 Å². The Balaban J connectivity index is 2.10. The van der Waals surface area contributed by atoms with Gasteiger partial charge in [-0.3, -0.25) is 4.79 Å². The molecule has 0 bridgehead atoms. The van der Waals surface area contributed by atoms with Gasteiger partial charge in [-0.2, -0.15) is 0 Å². The van der Waals surface area contributed by atoms with E-state index >= 15 is 0 Å². The predicted octanol–water partition coefficient (Wildman–Crippen LogP) is 2.17. The third-order valence-corrected chi connectivity index (χ3v) is 3.66. The molecule has 1 aliphatic heterocycles. The Morgan fingerprint density at radius 1 is 1.44 bits per heavy atom. The molecule has 1 heterocycles. The van der Waals surface area contributed by atoms with Crippen LogP contribution in [0.25, 0.3) is 0 Å². The summed E-state index contributed by atoms with van der Waals surface area (Å²) in [6.45, 7) is 7.73. The fourth-order valence-electron chi connectivity index (χ4n) is 2.64. The summed E-state index contributed by atoms with van der Waals surface area (Å²) in [5, 5.41) is 0. The Kier molecular flexibility index (Phi) is 3.71. The van der Waals surface area contributed by atoms with Gasteiger partial charge in [0.15, 0.2) is 0 Å². The lowest BCUT2D eigenvalue weighted by Crippen LogP contribution is -2.33. The first-order valence-electron chi connectivity index (χ1n) is 6.58. The number of hydrogen-bond acceptors (Lipinski definition) is 2. The molecular weight excluding hydrogens is 224 g/mol. The molecule has 1 aromatic rings. The fourth-order valence-corrected chi connectivity index (χ4v) is 2.64. The maximum atomic E-state index is 11.8. The minimum absolute atomic E-state index is 0.0841. The maximum absolute atomic E-state index is 11.8. The van der Waals surface area contributed by atoms with Gasteiger partial charge in [-0.25, -0.2) is 0 Å². The molecule has 2 N–H and O–H groups in total. The van der Waals surface area contributed by atoms with Gasteiger partial charge in [0.1, 0.15) is 0 Å². The zero-order chi connectivity index (χ0) is 13.3. The molecule has 0 spiro atoms. The van der Waals surface area contributed by atoms with Crippen molar-refractivity contribution in [3.05, 3.63) is 34.9 Å². The highest BCUT2D eigenvalue weighted by Gasteiger charge is 2.28. The molecule has 2 atom stereocenters. The number of benzene rings is 1. The summed E-state index contributed by atoms with van der Waals surface area (Å²) in [7, 11) is 0. The smallest absolute Gasteiger partial charge is 0.222 e. The molecule has 0 aliphatic carbocycles. The summed E-state index contributed by atoms with van der Waals surface area (Å²) < 4.78 is 0. The van der Waals surface area contributed by atoms with E-state index in [1.165, 1.54) is 11.1 Å². The van der Waals surface area contributed by atoms with Crippen LogP contribution in [-0.2, 0) is 4.79 Å². The van der Waals surface area contributed by atoms with Crippen molar-refractivity contribution < 1.29 is 4.79 Å². The van der Waals surface area contributed by atoms with Crippen LogP contribution in [-0.4, -0.2) is 23.9 Å². The Labute approximate surface area is 109 Å². The van der Waals surface area contributed by atoms with E-state index in [1.54, 1.807) is 0 Å². The minimum Gasteiger partial charge on any atom is -0.341 e. The van der Waals surface area contributed by atoms with Gasteiger partial charge in [0, 0.05) is 25.6 Å². The summed E-state index contributed by atoms with van der Waals surface area (Å²) in [5.41, 5.74) is 9.83. The second-order valence-corrected chi connectivity index (χ2v) is 5.57. The molecule has 1 saturated heterocycles. The lowest BCUT2D eigenvalue weighted by molar-refractivity contribution is -0.127. The molecular formula is C15H22N2O. The Morgan fingerprint density at radius 3 is 2.78 bits per heavy atom. The quantitative estimate of drug-likeness (QED) is 0.888. The molecule has 2 rings (SSSR count). The van der Waals surface area contributed by atoms with Crippen LogP contribution in [0.15, 0.2) is 18.2 Å². The van der Waals surface area contributed by atoms with Crippen molar-refractivity contribution in [2.75, 3.05) is 13.1 Å². The van der Waals surface area contributed by atoms with Crippen molar-refractivity contribution in [3.63, 3.8) is 0 Å². The number of nitrogens with two attached hydrogens (primary N) is 1. The summed E-state index contributed by atoms with van der Waals surface area (Å²) >= 11 is 0. The van der Waals surface area contributed by atoms with Crippen LogP contribution in [0.1, 0.15) is 36.1 Å². The Bertz CT molecular complexity index is 456. The number of rotatable bonds is 3. The van der Waals surface area contributed by atoms with Gasteiger partial charge in [-0.15, -0.1) is 0 Å². The third-order valence-electron chi connectivity index (χ3n) is 3.66. The molecule has 3 heteroatoms. The van der Waals surface area contributed by atoms with Crippen molar-refractivity contribution in [2.45, 2.75) is 33.2 Å². The molecule has 98 valence electrons. The van der Waals surface area contributed by atoms with Crippen LogP contribution < -0.4 is 5.73 Å². The van der Waals surface area contributed by atoms with Crippen LogP contribution in [0, 0.1) is 19.8 Å². The monoisotopic (exact) mass is 246 g/mol. The summed E-state index contributed by atoms with van der Waals surface area (Å²) in [6, 6.07) is 6.23. The molecule has 3 nitrogen and oxygen atoms in total. The van der Waals surface area contributed by atoms with Gasteiger partial charge in [-0.05, 0) is 30.9 Å². The molecule has 1 aliphatic rings. The van der Waals surface area contributed by atoms with Crippen LogP contribution in [0.4, 0.5) is 0 Å². The lowest BCUT2D eigenvalue weighted by atomic mass is 9.99. The standard InChI is InChI=1S/C15H22N2O/c1-10-4-5-12(3)13(6-10)14(16)9-17-8-11(2)7-15(17)18/h4-6,11,14H,7-9,16H2,1-3H3. The zero-order valence-electron chi connectivity index (χ0n) is 11.4. The lowest BCUT2D eigenvalue weighted by Gasteiger charge is -2.22. The topological polar surface area (TPSA) is 46.3 Å². The van der Waals surface area contributed by atoms with Crippen molar-refractivity contribution in [1.29, 1.82) is 0 Å². The van der Waals surface area contributed by atoms with Gasteiger partial charge in [0.25, 0.3) is 0 Å². The van der Waals surface area contributed by atoms with Gasteiger partial charge in [0.2, 0.25) is 5.91 Å². The molecule has 1 aromatic carbocycles. The van der Waals surface area contributed by atoms with Gasteiger partial charge in [0.05, 0.1) is 0 Å². The van der Waals surface area contributed by atoms with E-state index in [2.05, 4.69) is 39.0 Å². The Hall–Kier alpha value is -1.35. The van der Waals surface area contributed by atoms with Gasteiger partial charge < -0.3 is 10.6 Å². The van der Waals surface area contributed by atoms with E-state index in [0.29, 0.717) is 18.9 Å². The molecule has 1 amide bonds. The third kappa shape index (κ3) is 2.72. The van der Waals surface area contributed by atoms with Crippen LogP contribution in [0.5, 0.6) is 0 Å². The highest BCUT2D eigenvalue weighted by molar-refractivity contribution is 5.78. The average Bonchev–Trinajstić information content (AvgIpc) is 2.61. The highest BCUT2D eigenvalue weighted by Crippen LogP contribution is 2.22. The first-order valence-corrected chi connectivity index (χ1v) is 6.58. The van der Waals surface area contributed by atoms with E-state index in [1.807, 2.05) is 4.90 Å². The zero-order valence-corrected chi connectivity index (χ0v) is 11.4. The number of hydrogen-bond donors (Lipinski definition) is 1. The van der Waals surface area contributed by atoms with Crippen LogP contribution >= 0.6 is 0 Å². The van der Waals surface area contributed by atoms with Crippen molar-refractivity contribution in [2.24, 2.45) is 11.7 Å². The summed E-state index contributed by atoms with van der Waals surface area (Å²) in [6.07, 6.45) is 0.666. The molecule has 0 radical (unpaired) electrons. The number of carbonyl (C=O) groups is 1. The molecule has 2 unspecified atom stereocenters.